The van der Waals surface area contributed by atoms with Crippen LogP contribution in [0.2, 0.25) is 0 Å². The fraction of sp³-hybridized carbons (Fsp3) is 0.300. The van der Waals surface area contributed by atoms with Crippen molar-refractivity contribution in [3.63, 3.8) is 0 Å². The molecular weight excluding hydrogens is 212 g/mol. The first-order valence-electron chi connectivity index (χ1n) is 4.65. The average molecular weight is 222 g/mol. The Kier molecular flexibility index (Phi) is 2.12. The summed E-state index contributed by atoms with van der Waals surface area (Å²) in [5.74, 6) is 0. The second-order valence-electron chi connectivity index (χ2n) is 3.36. The highest BCUT2D eigenvalue weighted by molar-refractivity contribution is 7.10. The monoisotopic (exact) mass is 222 g/mol. The molecule has 4 heteroatoms. The summed E-state index contributed by atoms with van der Waals surface area (Å²) in [6.07, 6.45) is 3.04. The van der Waals surface area contributed by atoms with Gasteiger partial charge in [0.05, 0.1) is 6.04 Å². The minimum absolute atomic E-state index is 0.395. The van der Waals surface area contributed by atoms with Gasteiger partial charge >= 0.3 is 0 Å². The standard InChI is InChI=1S/C10H10N2S2/c1-4-11-9(8-2-5-12-14-8)10-7(1)3-6-13-10/h2-3,5-6,9,11H,1,4H2. The van der Waals surface area contributed by atoms with Crippen molar-refractivity contribution in [1.29, 1.82) is 0 Å². The molecule has 0 fully saturated rings. The van der Waals surface area contributed by atoms with E-state index in [0.29, 0.717) is 6.04 Å². The van der Waals surface area contributed by atoms with Gasteiger partial charge < -0.3 is 5.32 Å². The molecule has 2 nitrogen and oxygen atoms in total. The predicted octanol–water partition coefficient (Wildman–Crippen LogP) is 2.44. The van der Waals surface area contributed by atoms with Crippen molar-refractivity contribution in [3.8, 4) is 0 Å². The molecule has 1 aliphatic rings. The van der Waals surface area contributed by atoms with Gasteiger partial charge in [-0.05, 0) is 41.0 Å². The highest BCUT2D eigenvalue weighted by Crippen LogP contribution is 2.33. The lowest BCUT2D eigenvalue weighted by Crippen LogP contribution is -2.28. The molecule has 0 saturated heterocycles. The summed E-state index contributed by atoms with van der Waals surface area (Å²) >= 11 is 3.44. The lowest BCUT2D eigenvalue weighted by atomic mass is 10.0. The van der Waals surface area contributed by atoms with E-state index in [1.54, 1.807) is 11.5 Å². The molecular formula is C10H10N2S2. The van der Waals surface area contributed by atoms with Gasteiger partial charge in [0.15, 0.2) is 0 Å². The molecule has 0 aromatic carbocycles. The van der Waals surface area contributed by atoms with Crippen LogP contribution in [0.25, 0.3) is 0 Å². The quantitative estimate of drug-likeness (QED) is 0.801. The molecule has 72 valence electrons. The summed E-state index contributed by atoms with van der Waals surface area (Å²) in [5, 5.41) is 5.73. The zero-order chi connectivity index (χ0) is 9.38. The third kappa shape index (κ3) is 1.30. The second kappa shape index (κ2) is 3.46. The Morgan fingerprint density at radius 3 is 3.29 bits per heavy atom. The van der Waals surface area contributed by atoms with E-state index in [1.165, 1.54) is 15.3 Å². The number of thiophene rings is 1. The van der Waals surface area contributed by atoms with Crippen LogP contribution in [0, 0.1) is 0 Å². The van der Waals surface area contributed by atoms with Crippen LogP contribution in [0.1, 0.15) is 21.4 Å². The third-order valence-corrected chi connectivity index (χ3v) is 4.36. The second-order valence-corrected chi connectivity index (χ2v) is 5.17. The minimum Gasteiger partial charge on any atom is -0.305 e. The van der Waals surface area contributed by atoms with E-state index in [4.69, 9.17) is 0 Å². The maximum atomic E-state index is 4.16. The van der Waals surface area contributed by atoms with Gasteiger partial charge in [-0.25, -0.2) is 4.37 Å². The predicted molar refractivity (Wildman–Crippen MR) is 60.0 cm³/mol. The zero-order valence-corrected chi connectivity index (χ0v) is 9.20. The van der Waals surface area contributed by atoms with E-state index in [1.807, 2.05) is 17.5 Å². The molecule has 3 heterocycles. The number of nitrogens with one attached hydrogen (secondary N) is 1. The normalized spacial score (nSPS) is 20.7. The molecule has 2 aromatic rings. The molecule has 0 amide bonds. The van der Waals surface area contributed by atoms with Gasteiger partial charge in [-0.1, -0.05) is 0 Å². The first-order chi connectivity index (χ1) is 6.95. The highest BCUT2D eigenvalue weighted by Gasteiger charge is 2.23. The molecule has 0 aliphatic carbocycles. The van der Waals surface area contributed by atoms with Crippen molar-refractivity contribution in [3.05, 3.63) is 39.0 Å². The topological polar surface area (TPSA) is 24.9 Å². The lowest BCUT2D eigenvalue weighted by Gasteiger charge is -2.22. The average Bonchev–Trinajstić information content (AvgIpc) is 2.88. The molecule has 2 aromatic heterocycles. The van der Waals surface area contributed by atoms with E-state index < -0.39 is 0 Å². The van der Waals surface area contributed by atoms with E-state index in [0.717, 1.165) is 13.0 Å². The van der Waals surface area contributed by atoms with Gasteiger partial charge in [-0.2, -0.15) is 0 Å². The van der Waals surface area contributed by atoms with Crippen LogP contribution < -0.4 is 5.32 Å². The third-order valence-electron chi connectivity index (χ3n) is 2.53. The number of fused-ring (bicyclic) bond motifs is 1. The van der Waals surface area contributed by atoms with Gasteiger partial charge in [0, 0.05) is 22.5 Å². The summed E-state index contributed by atoms with van der Waals surface area (Å²) in [5.41, 5.74) is 1.51. The SMILES string of the molecule is c1cc(C2NCCc3ccsc32)sn1. The van der Waals surface area contributed by atoms with Crippen LogP contribution in [0.5, 0.6) is 0 Å². The molecule has 1 unspecified atom stereocenters. The Hall–Kier alpha value is -0.710. The number of nitrogens with zero attached hydrogens (tertiary/aromatic N) is 1. The van der Waals surface area contributed by atoms with Crippen LogP contribution in [0.3, 0.4) is 0 Å². The zero-order valence-electron chi connectivity index (χ0n) is 7.56. The van der Waals surface area contributed by atoms with Crippen LogP contribution in [-0.4, -0.2) is 10.9 Å². The summed E-state index contributed by atoms with van der Waals surface area (Å²) in [4.78, 5) is 2.80. The summed E-state index contributed by atoms with van der Waals surface area (Å²) < 4.78 is 4.16. The molecule has 3 rings (SSSR count). The van der Waals surface area contributed by atoms with E-state index >= 15 is 0 Å². The first-order valence-corrected chi connectivity index (χ1v) is 6.30. The van der Waals surface area contributed by atoms with E-state index in [2.05, 4.69) is 27.2 Å². The highest BCUT2D eigenvalue weighted by atomic mass is 32.1. The van der Waals surface area contributed by atoms with Gasteiger partial charge in [-0.3, -0.25) is 0 Å². The van der Waals surface area contributed by atoms with Gasteiger partial charge in [-0.15, -0.1) is 11.3 Å². The fourth-order valence-electron chi connectivity index (χ4n) is 1.86. The number of aromatic nitrogens is 1. The Bertz CT molecular complexity index is 419. The van der Waals surface area contributed by atoms with E-state index in [-0.39, 0.29) is 0 Å². The van der Waals surface area contributed by atoms with Crippen molar-refractivity contribution in [1.82, 2.24) is 9.69 Å². The molecule has 0 saturated carbocycles. The molecule has 1 aliphatic heterocycles. The van der Waals surface area contributed by atoms with Crippen molar-refractivity contribution < 1.29 is 0 Å². The summed E-state index contributed by atoms with van der Waals surface area (Å²) in [6.45, 7) is 1.08. The fourth-order valence-corrected chi connectivity index (χ4v) is 3.65. The Balaban J connectivity index is 2.04. The summed E-state index contributed by atoms with van der Waals surface area (Å²) in [6, 6.07) is 4.75. The Morgan fingerprint density at radius 1 is 1.43 bits per heavy atom. The minimum atomic E-state index is 0.395. The first kappa shape index (κ1) is 8.59. The molecule has 1 N–H and O–H groups in total. The van der Waals surface area contributed by atoms with Gasteiger partial charge in [0.25, 0.3) is 0 Å². The van der Waals surface area contributed by atoms with Crippen LogP contribution in [0.15, 0.2) is 23.7 Å². The lowest BCUT2D eigenvalue weighted by molar-refractivity contribution is 0.585. The maximum absolute atomic E-state index is 4.16. The number of hydrogen-bond acceptors (Lipinski definition) is 4. The maximum Gasteiger partial charge on any atom is 0.0783 e. The van der Waals surface area contributed by atoms with E-state index in [9.17, 15) is 0 Å². The number of hydrogen-bond donors (Lipinski definition) is 1. The molecule has 0 spiro atoms. The van der Waals surface area contributed by atoms with Crippen molar-refractivity contribution in [2.45, 2.75) is 12.5 Å². The Labute approximate surface area is 90.8 Å². The molecule has 0 radical (unpaired) electrons. The van der Waals surface area contributed by atoms with Crippen molar-refractivity contribution >= 4 is 22.9 Å². The smallest absolute Gasteiger partial charge is 0.0783 e. The van der Waals surface area contributed by atoms with Crippen molar-refractivity contribution in [2.75, 3.05) is 6.54 Å². The van der Waals surface area contributed by atoms with Crippen LogP contribution in [-0.2, 0) is 6.42 Å². The number of rotatable bonds is 1. The summed E-state index contributed by atoms with van der Waals surface area (Å²) in [7, 11) is 0. The van der Waals surface area contributed by atoms with Crippen LogP contribution >= 0.6 is 22.9 Å². The van der Waals surface area contributed by atoms with Gasteiger partial charge in [0.2, 0.25) is 0 Å². The largest absolute Gasteiger partial charge is 0.305 e. The molecule has 14 heavy (non-hydrogen) atoms. The van der Waals surface area contributed by atoms with Crippen molar-refractivity contribution in [2.24, 2.45) is 0 Å². The van der Waals surface area contributed by atoms with Crippen LogP contribution in [0.4, 0.5) is 0 Å². The van der Waals surface area contributed by atoms with Gasteiger partial charge in [0.1, 0.15) is 0 Å². The molecule has 0 bridgehead atoms. The Morgan fingerprint density at radius 2 is 2.43 bits per heavy atom. The molecule has 1 atom stereocenters.